The predicted octanol–water partition coefficient (Wildman–Crippen LogP) is 4.10. The van der Waals surface area contributed by atoms with Gasteiger partial charge in [-0.25, -0.2) is 0 Å². The molecule has 0 aliphatic carbocycles. The molecule has 0 saturated carbocycles. The van der Waals surface area contributed by atoms with Crippen molar-refractivity contribution in [2.24, 2.45) is 0 Å². The first-order chi connectivity index (χ1) is 12.2. The average molecular weight is 334 g/mol. The van der Waals surface area contributed by atoms with E-state index in [9.17, 15) is 4.79 Å². The summed E-state index contributed by atoms with van der Waals surface area (Å²) >= 11 is 0. The number of anilines is 2. The number of nitrogens with zero attached hydrogens (tertiary/aromatic N) is 3. The third-order valence-electron chi connectivity index (χ3n) is 4.65. The van der Waals surface area contributed by atoms with Crippen LogP contribution in [0.3, 0.4) is 0 Å². The summed E-state index contributed by atoms with van der Waals surface area (Å²) in [5, 5.41) is 12.1. The van der Waals surface area contributed by atoms with Gasteiger partial charge in [0.15, 0.2) is 0 Å². The van der Waals surface area contributed by atoms with Gasteiger partial charge < -0.3 is 10.2 Å². The molecule has 5 heteroatoms. The minimum atomic E-state index is 0.0579. The summed E-state index contributed by atoms with van der Waals surface area (Å²) in [6, 6.07) is 11.5. The molecule has 25 heavy (non-hydrogen) atoms. The molecule has 1 aliphatic rings. The third-order valence-corrected chi connectivity index (χ3v) is 4.65. The molecule has 1 fully saturated rings. The highest BCUT2D eigenvalue weighted by Crippen LogP contribution is 2.23. The standard InChI is InChI=1S/C20H22N4O/c1-2-19-5-3-4-10-24(19)20(25)16-11-18(14-22-13-16)23-17-8-6-15(12-21)7-9-17/h6-9,11,13-14,19,23H,2-5,10H2,1H3. The molecule has 1 aliphatic heterocycles. The number of rotatable bonds is 4. The van der Waals surface area contributed by atoms with Gasteiger partial charge in [0.05, 0.1) is 29.1 Å². The molecule has 0 radical (unpaired) electrons. The monoisotopic (exact) mass is 334 g/mol. The third kappa shape index (κ3) is 3.97. The molecule has 1 aromatic carbocycles. The highest BCUT2D eigenvalue weighted by Gasteiger charge is 2.26. The molecule has 5 nitrogen and oxygen atoms in total. The Bertz CT molecular complexity index is 779. The van der Waals surface area contributed by atoms with Crippen LogP contribution in [0.4, 0.5) is 11.4 Å². The summed E-state index contributed by atoms with van der Waals surface area (Å²) in [5.41, 5.74) is 2.85. The molecule has 1 unspecified atom stereocenters. The number of hydrogen-bond acceptors (Lipinski definition) is 4. The number of nitriles is 1. The van der Waals surface area contributed by atoms with Gasteiger partial charge in [-0.3, -0.25) is 9.78 Å². The van der Waals surface area contributed by atoms with E-state index >= 15 is 0 Å². The van der Waals surface area contributed by atoms with Crippen molar-refractivity contribution in [2.45, 2.75) is 38.6 Å². The van der Waals surface area contributed by atoms with E-state index in [1.807, 2.05) is 23.1 Å². The van der Waals surface area contributed by atoms with Crippen LogP contribution in [0.2, 0.25) is 0 Å². The lowest BCUT2D eigenvalue weighted by molar-refractivity contribution is 0.0607. The number of pyridine rings is 1. The van der Waals surface area contributed by atoms with Gasteiger partial charge in [0.1, 0.15) is 0 Å². The fraction of sp³-hybridized carbons (Fsp3) is 0.350. The van der Waals surface area contributed by atoms with Gasteiger partial charge in [-0.1, -0.05) is 6.92 Å². The quantitative estimate of drug-likeness (QED) is 0.914. The number of amides is 1. The lowest BCUT2D eigenvalue weighted by Crippen LogP contribution is -2.43. The Morgan fingerprint density at radius 1 is 1.28 bits per heavy atom. The molecule has 1 N–H and O–H groups in total. The molecule has 3 rings (SSSR count). The largest absolute Gasteiger partial charge is 0.354 e. The molecule has 1 aromatic heterocycles. The van der Waals surface area contributed by atoms with Crippen molar-refractivity contribution in [1.29, 1.82) is 5.26 Å². The summed E-state index contributed by atoms with van der Waals surface area (Å²) in [6.45, 7) is 2.96. The first kappa shape index (κ1) is 17.0. The molecule has 1 saturated heterocycles. The second kappa shape index (κ2) is 7.80. The predicted molar refractivity (Wildman–Crippen MR) is 97.6 cm³/mol. The molecule has 1 atom stereocenters. The van der Waals surface area contributed by atoms with Crippen molar-refractivity contribution < 1.29 is 4.79 Å². The summed E-state index contributed by atoms with van der Waals surface area (Å²) < 4.78 is 0. The maximum Gasteiger partial charge on any atom is 0.255 e. The van der Waals surface area contributed by atoms with Gasteiger partial charge in [0.2, 0.25) is 0 Å². The SMILES string of the molecule is CCC1CCCCN1C(=O)c1cncc(Nc2ccc(C#N)cc2)c1. The lowest BCUT2D eigenvalue weighted by atomic mass is 9.99. The number of benzene rings is 1. The summed E-state index contributed by atoms with van der Waals surface area (Å²) in [6.07, 6.45) is 7.66. The first-order valence-corrected chi connectivity index (χ1v) is 8.74. The zero-order valence-corrected chi connectivity index (χ0v) is 14.4. The van der Waals surface area contributed by atoms with Crippen LogP contribution in [-0.4, -0.2) is 28.4 Å². The highest BCUT2D eigenvalue weighted by atomic mass is 16.2. The molecule has 2 heterocycles. The summed E-state index contributed by atoms with van der Waals surface area (Å²) in [5.74, 6) is 0.0579. The second-order valence-electron chi connectivity index (χ2n) is 6.33. The Kier molecular flexibility index (Phi) is 5.30. The van der Waals surface area contributed by atoms with Gasteiger partial charge in [-0.2, -0.15) is 5.26 Å². The first-order valence-electron chi connectivity index (χ1n) is 8.74. The van der Waals surface area contributed by atoms with Gasteiger partial charge in [-0.05, 0) is 56.0 Å². The zero-order valence-electron chi connectivity index (χ0n) is 14.4. The lowest BCUT2D eigenvalue weighted by Gasteiger charge is -2.35. The van der Waals surface area contributed by atoms with Crippen molar-refractivity contribution >= 4 is 17.3 Å². The molecule has 2 aromatic rings. The number of aromatic nitrogens is 1. The number of carbonyl (C=O) groups excluding carboxylic acids is 1. The minimum absolute atomic E-state index is 0.0579. The van der Waals surface area contributed by atoms with E-state index in [2.05, 4.69) is 23.3 Å². The van der Waals surface area contributed by atoms with Crippen molar-refractivity contribution in [3.05, 3.63) is 53.9 Å². The second-order valence-corrected chi connectivity index (χ2v) is 6.33. The fourth-order valence-corrected chi connectivity index (χ4v) is 3.28. The van der Waals surface area contributed by atoms with E-state index in [4.69, 9.17) is 5.26 Å². The summed E-state index contributed by atoms with van der Waals surface area (Å²) in [7, 11) is 0. The molecular weight excluding hydrogens is 312 g/mol. The Morgan fingerprint density at radius 3 is 2.80 bits per heavy atom. The van der Waals surface area contributed by atoms with E-state index in [0.717, 1.165) is 37.2 Å². The molecule has 0 bridgehead atoms. The Morgan fingerprint density at radius 2 is 2.08 bits per heavy atom. The molecular formula is C20H22N4O. The van der Waals surface area contributed by atoms with Crippen LogP contribution in [0.15, 0.2) is 42.7 Å². The van der Waals surface area contributed by atoms with Gasteiger partial charge >= 0.3 is 0 Å². The summed E-state index contributed by atoms with van der Waals surface area (Å²) in [4.78, 5) is 19.1. The van der Waals surface area contributed by atoms with Gasteiger partial charge in [-0.15, -0.1) is 0 Å². The Labute approximate surface area is 148 Å². The number of likely N-dealkylation sites (tertiary alicyclic amines) is 1. The number of nitrogens with one attached hydrogen (secondary N) is 1. The van der Waals surface area contributed by atoms with Crippen LogP contribution >= 0.6 is 0 Å². The van der Waals surface area contributed by atoms with Crippen LogP contribution in [0.5, 0.6) is 0 Å². The van der Waals surface area contributed by atoms with E-state index in [1.165, 1.54) is 6.42 Å². The van der Waals surface area contributed by atoms with Gasteiger partial charge in [0, 0.05) is 24.5 Å². The number of hydrogen-bond donors (Lipinski definition) is 1. The van der Waals surface area contributed by atoms with E-state index < -0.39 is 0 Å². The van der Waals surface area contributed by atoms with E-state index in [-0.39, 0.29) is 5.91 Å². The van der Waals surface area contributed by atoms with Crippen molar-refractivity contribution in [2.75, 3.05) is 11.9 Å². The highest BCUT2D eigenvalue weighted by molar-refractivity contribution is 5.95. The van der Waals surface area contributed by atoms with Crippen molar-refractivity contribution in [3.8, 4) is 6.07 Å². The van der Waals surface area contributed by atoms with Gasteiger partial charge in [0.25, 0.3) is 5.91 Å². The maximum absolute atomic E-state index is 12.9. The normalized spacial score (nSPS) is 17.0. The van der Waals surface area contributed by atoms with Crippen LogP contribution in [-0.2, 0) is 0 Å². The Hall–Kier alpha value is -2.87. The average Bonchev–Trinajstić information content (AvgIpc) is 2.68. The fourth-order valence-electron chi connectivity index (χ4n) is 3.28. The molecule has 128 valence electrons. The van der Waals surface area contributed by atoms with Crippen molar-refractivity contribution in [3.63, 3.8) is 0 Å². The molecule has 1 amide bonds. The van der Waals surface area contributed by atoms with E-state index in [1.54, 1.807) is 24.5 Å². The van der Waals surface area contributed by atoms with Crippen LogP contribution < -0.4 is 5.32 Å². The maximum atomic E-state index is 12.9. The van der Waals surface area contributed by atoms with Crippen molar-refractivity contribution in [1.82, 2.24) is 9.88 Å². The minimum Gasteiger partial charge on any atom is -0.354 e. The van der Waals surface area contributed by atoms with Crippen LogP contribution in [0, 0.1) is 11.3 Å². The van der Waals surface area contributed by atoms with Crippen LogP contribution in [0.25, 0.3) is 0 Å². The number of piperidine rings is 1. The zero-order chi connectivity index (χ0) is 17.6. The number of carbonyl (C=O) groups is 1. The van der Waals surface area contributed by atoms with Crippen LogP contribution in [0.1, 0.15) is 48.5 Å². The Balaban J connectivity index is 1.76. The molecule has 0 spiro atoms. The topological polar surface area (TPSA) is 69.0 Å². The van der Waals surface area contributed by atoms with E-state index in [0.29, 0.717) is 17.2 Å². The smallest absolute Gasteiger partial charge is 0.255 e.